The third kappa shape index (κ3) is 64.2. The zero-order chi connectivity index (χ0) is 56.4. The average Bonchev–Trinajstić information content (AvgIpc) is 3.44. The molecular formula is C72H132O6. The van der Waals surface area contributed by atoms with E-state index < -0.39 is 6.10 Å². The lowest BCUT2D eigenvalue weighted by atomic mass is 10.0. The quantitative estimate of drug-likeness (QED) is 0.0261. The summed E-state index contributed by atoms with van der Waals surface area (Å²) in [7, 11) is 0. The Morgan fingerprint density at radius 3 is 0.782 bits per heavy atom. The van der Waals surface area contributed by atoms with Gasteiger partial charge in [-0.1, -0.05) is 345 Å². The molecule has 0 radical (unpaired) electrons. The Labute approximate surface area is 486 Å². The van der Waals surface area contributed by atoms with Crippen LogP contribution < -0.4 is 0 Å². The van der Waals surface area contributed by atoms with Gasteiger partial charge in [0.2, 0.25) is 0 Å². The van der Waals surface area contributed by atoms with Crippen molar-refractivity contribution in [1.82, 2.24) is 0 Å². The van der Waals surface area contributed by atoms with Gasteiger partial charge >= 0.3 is 17.9 Å². The van der Waals surface area contributed by atoms with Crippen LogP contribution in [0.5, 0.6) is 0 Å². The van der Waals surface area contributed by atoms with Gasteiger partial charge < -0.3 is 14.2 Å². The minimum absolute atomic E-state index is 0.0654. The third-order valence-electron chi connectivity index (χ3n) is 15.6. The van der Waals surface area contributed by atoms with Crippen LogP contribution in [0.25, 0.3) is 0 Å². The summed E-state index contributed by atoms with van der Waals surface area (Å²) in [6, 6.07) is 0. The molecule has 0 aliphatic rings. The molecule has 0 aromatic heterocycles. The van der Waals surface area contributed by atoms with Gasteiger partial charge in [-0.15, -0.1) is 0 Å². The van der Waals surface area contributed by atoms with E-state index in [1.54, 1.807) is 0 Å². The molecule has 0 saturated carbocycles. The summed E-state index contributed by atoms with van der Waals surface area (Å²) in [6.07, 6.45) is 84.2. The fourth-order valence-corrected chi connectivity index (χ4v) is 10.4. The van der Waals surface area contributed by atoms with E-state index in [0.29, 0.717) is 19.3 Å². The summed E-state index contributed by atoms with van der Waals surface area (Å²) >= 11 is 0. The largest absolute Gasteiger partial charge is 0.462 e. The molecule has 0 heterocycles. The molecule has 0 fully saturated rings. The van der Waals surface area contributed by atoms with Crippen LogP contribution in [0.3, 0.4) is 0 Å². The number of unbranched alkanes of at least 4 members (excludes halogenated alkanes) is 45. The van der Waals surface area contributed by atoms with Crippen molar-refractivity contribution in [3.8, 4) is 0 Å². The number of carbonyl (C=O) groups excluding carboxylic acids is 3. The van der Waals surface area contributed by atoms with Crippen LogP contribution in [0.1, 0.15) is 374 Å². The molecule has 1 unspecified atom stereocenters. The highest BCUT2D eigenvalue weighted by atomic mass is 16.6. The number of ether oxygens (including phenoxy) is 3. The number of hydrogen-bond acceptors (Lipinski definition) is 6. The number of allylic oxidation sites excluding steroid dienone is 8. The highest BCUT2D eigenvalue weighted by Crippen LogP contribution is 2.18. The maximum Gasteiger partial charge on any atom is 0.306 e. The van der Waals surface area contributed by atoms with E-state index in [9.17, 15) is 14.4 Å². The molecule has 0 spiro atoms. The molecule has 456 valence electrons. The predicted octanol–water partition coefficient (Wildman–Crippen LogP) is 23.7. The fourth-order valence-electron chi connectivity index (χ4n) is 10.4. The van der Waals surface area contributed by atoms with Crippen LogP contribution in [0.4, 0.5) is 0 Å². The van der Waals surface area contributed by atoms with Crippen molar-refractivity contribution in [1.29, 1.82) is 0 Å². The second-order valence-corrected chi connectivity index (χ2v) is 23.4. The normalized spacial score (nSPS) is 12.3. The minimum atomic E-state index is -0.768. The average molecular weight is 1090 g/mol. The van der Waals surface area contributed by atoms with E-state index in [1.165, 1.54) is 250 Å². The van der Waals surface area contributed by atoms with Crippen molar-refractivity contribution < 1.29 is 28.6 Å². The maximum absolute atomic E-state index is 12.9. The summed E-state index contributed by atoms with van der Waals surface area (Å²) in [5.74, 6) is -0.836. The molecule has 0 N–H and O–H groups in total. The smallest absolute Gasteiger partial charge is 0.306 e. The summed E-state index contributed by atoms with van der Waals surface area (Å²) in [5.41, 5.74) is 0. The van der Waals surface area contributed by atoms with Crippen molar-refractivity contribution >= 4 is 17.9 Å². The number of esters is 3. The van der Waals surface area contributed by atoms with Crippen LogP contribution in [-0.2, 0) is 28.6 Å². The first-order valence-electron chi connectivity index (χ1n) is 34.6. The predicted molar refractivity (Wildman–Crippen MR) is 339 cm³/mol. The molecule has 0 aliphatic heterocycles. The van der Waals surface area contributed by atoms with Crippen molar-refractivity contribution in [2.24, 2.45) is 0 Å². The van der Waals surface area contributed by atoms with Gasteiger partial charge in [0, 0.05) is 19.3 Å². The third-order valence-corrected chi connectivity index (χ3v) is 15.6. The SMILES string of the molecule is CC/C=C\C/C=C\C/C=C\C/C=C\CCCCCCCCCCCCCCCCCCC(=O)OCC(COC(=O)CCCCCCCCCCCCCCC)OC(=O)CCCCCCCCCCCCCCCCCCCC. The zero-order valence-electron chi connectivity index (χ0n) is 52.5. The topological polar surface area (TPSA) is 78.9 Å². The van der Waals surface area contributed by atoms with E-state index >= 15 is 0 Å². The van der Waals surface area contributed by atoms with Gasteiger partial charge in [0.1, 0.15) is 13.2 Å². The molecule has 0 saturated heterocycles. The summed E-state index contributed by atoms with van der Waals surface area (Å²) in [4.78, 5) is 38.4. The van der Waals surface area contributed by atoms with E-state index in [0.717, 1.165) is 83.5 Å². The Morgan fingerprint density at radius 1 is 0.269 bits per heavy atom. The van der Waals surface area contributed by atoms with Gasteiger partial charge in [-0.05, 0) is 57.8 Å². The Morgan fingerprint density at radius 2 is 0.500 bits per heavy atom. The highest BCUT2D eigenvalue weighted by molar-refractivity contribution is 5.71. The second kappa shape index (κ2) is 66.9. The first-order valence-corrected chi connectivity index (χ1v) is 34.6. The van der Waals surface area contributed by atoms with Crippen LogP contribution in [0, 0.1) is 0 Å². The zero-order valence-corrected chi connectivity index (χ0v) is 52.5. The summed E-state index contributed by atoms with van der Waals surface area (Å²) in [5, 5.41) is 0. The molecule has 78 heavy (non-hydrogen) atoms. The van der Waals surface area contributed by atoms with E-state index in [4.69, 9.17) is 14.2 Å². The van der Waals surface area contributed by atoms with E-state index in [1.807, 2.05) is 0 Å². The highest BCUT2D eigenvalue weighted by Gasteiger charge is 2.19. The van der Waals surface area contributed by atoms with Gasteiger partial charge in [-0.2, -0.15) is 0 Å². The first-order chi connectivity index (χ1) is 38.5. The van der Waals surface area contributed by atoms with Gasteiger partial charge in [-0.25, -0.2) is 0 Å². The van der Waals surface area contributed by atoms with E-state index in [-0.39, 0.29) is 31.1 Å². The van der Waals surface area contributed by atoms with Gasteiger partial charge in [0.25, 0.3) is 0 Å². The molecule has 1 atom stereocenters. The van der Waals surface area contributed by atoms with Gasteiger partial charge in [-0.3, -0.25) is 14.4 Å². The van der Waals surface area contributed by atoms with Crippen LogP contribution in [0.15, 0.2) is 48.6 Å². The molecular weight excluding hydrogens is 961 g/mol. The maximum atomic E-state index is 12.9. The molecule has 0 rings (SSSR count). The van der Waals surface area contributed by atoms with Gasteiger partial charge in [0.05, 0.1) is 0 Å². The molecule has 0 aromatic rings. The lowest BCUT2D eigenvalue weighted by Crippen LogP contribution is -2.30. The van der Waals surface area contributed by atoms with Crippen molar-refractivity contribution in [2.45, 2.75) is 380 Å². The standard InChI is InChI=1S/C72H132O6/c1-4-7-10-13-16-19-22-25-27-29-31-32-33-34-35-36-37-38-39-40-41-43-44-47-50-53-56-59-62-65-71(74)77-68-69(67-76-70(73)64-61-58-55-52-49-46-24-21-18-15-12-9-6-3)78-72(75)66-63-60-57-54-51-48-45-42-30-28-26-23-20-17-14-11-8-5-2/h7,10,16,19,25,27,31-32,69H,4-6,8-9,11-15,17-18,20-24,26,28-30,33-68H2,1-3H3/b10-7-,19-16-,27-25-,32-31-. The molecule has 6 nitrogen and oxygen atoms in total. The van der Waals surface area contributed by atoms with Crippen LogP contribution in [-0.4, -0.2) is 37.2 Å². The van der Waals surface area contributed by atoms with Crippen molar-refractivity contribution in [3.63, 3.8) is 0 Å². The Hall–Kier alpha value is -2.63. The van der Waals surface area contributed by atoms with Gasteiger partial charge in [0.15, 0.2) is 6.10 Å². The van der Waals surface area contributed by atoms with Crippen molar-refractivity contribution in [3.05, 3.63) is 48.6 Å². The van der Waals surface area contributed by atoms with Crippen LogP contribution >= 0.6 is 0 Å². The minimum Gasteiger partial charge on any atom is -0.462 e. The second-order valence-electron chi connectivity index (χ2n) is 23.4. The van der Waals surface area contributed by atoms with Crippen molar-refractivity contribution in [2.75, 3.05) is 13.2 Å². The van der Waals surface area contributed by atoms with E-state index in [2.05, 4.69) is 69.4 Å². The summed E-state index contributed by atoms with van der Waals surface area (Å²) < 4.78 is 17.0. The number of hydrogen-bond donors (Lipinski definition) is 0. The molecule has 0 aliphatic carbocycles. The fraction of sp³-hybridized carbons (Fsp3) is 0.847. The Balaban J connectivity index is 4.18. The number of rotatable bonds is 64. The Kier molecular flexibility index (Phi) is 64.6. The molecule has 0 amide bonds. The molecule has 6 heteroatoms. The lowest BCUT2D eigenvalue weighted by molar-refractivity contribution is -0.167. The van der Waals surface area contributed by atoms with Crippen LogP contribution in [0.2, 0.25) is 0 Å². The lowest BCUT2D eigenvalue weighted by Gasteiger charge is -2.18. The molecule has 0 aromatic carbocycles. The monoisotopic (exact) mass is 1090 g/mol. The number of carbonyl (C=O) groups is 3. The first kappa shape index (κ1) is 75.4. The summed E-state index contributed by atoms with van der Waals surface area (Å²) in [6.45, 7) is 6.60. The molecule has 0 bridgehead atoms. The Bertz CT molecular complexity index is 1350.